The molecular formula is C22H36O2. The lowest BCUT2D eigenvalue weighted by atomic mass is 10.0. The molecule has 2 heteroatoms. The summed E-state index contributed by atoms with van der Waals surface area (Å²) in [6.45, 7) is 2.28. The molecule has 1 aliphatic heterocycles. The third kappa shape index (κ3) is 7.15. The zero-order chi connectivity index (χ0) is 17.0. The van der Waals surface area contributed by atoms with Crippen molar-refractivity contribution in [2.24, 2.45) is 0 Å². The van der Waals surface area contributed by atoms with Crippen molar-refractivity contribution < 1.29 is 9.84 Å². The molecule has 1 aromatic rings. The lowest BCUT2D eigenvalue weighted by Gasteiger charge is -2.04. The third-order valence-corrected chi connectivity index (χ3v) is 5.15. The first-order chi connectivity index (χ1) is 11.8. The summed E-state index contributed by atoms with van der Waals surface area (Å²) in [5, 5.41) is 9.85. The van der Waals surface area contributed by atoms with Crippen LogP contribution in [0.1, 0.15) is 102 Å². The second-order valence-corrected chi connectivity index (χ2v) is 7.34. The van der Waals surface area contributed by atoms with Gasteiger partial charge in [-0.05, 0) is 25.0 Å². The first-order valence-electron chi connectivity index (χ1n) is 10.4. The number of hydrogen-bond donors (Lipinski definition) is 1. The molecule has 0 saturated heterocycles. The van der Waals surface area contributed by atoms with Gasteiger partial charge in [-0.2, -0.15) is 0 Å². The molecule has 1 aliphatic rings. The highest BCUT2D eigenvalue weighted by Gasteiger charge is 2.26. The monoisotopic (exact) mass is 332 g/mol. The molecule has 24 heavy (non-hydrogen) atoms. The Morgan fingerprint density at radius 1 is 0.708 bits per heavy atom. The predicted molar refractivity (Wildman–Crippen MR) is 102 cm³/mol. The highest BCUT2D eigenvalue weighted by atomic mass is 16.6. The van der Waals surface area contributed by atoms with E-state index >= 15 is 0 Å². The van der Waals surface area contributed by atoms with Gasteiger partial charge in [0, 0.05) is 5.56 Å². The molecule has 2 rings (SSSR count). The van der Waals surface area contributed by atoms with Crippen LogP contribution in [0, 0.1) is 0 Å². The molecule has 136 valence electrons. The van der Waals surface area contributed by atoms with Crippen LogP contribution in [0.3, 0.4) is 0 Å². The Hall–Kier alpha value is -1.18. The van der Waals surface area contributed by atoms with E-state index in [4.69, 9.17) is 4.74 Å². The van der Waals surface area contributed by atoms with E-state index in [9.17, 15) is 5.11 Å². The average Bonchev–Trinajstić information content (AvgIpc) is 3.36. The van der Waals surface area contributed by atoms with E-state index in [-0.39, 0.29) is 0 Å². The Labute approximate surface area is 148 Å². The Kier molecular flexibility index (Phi) is 9.09. The van der Waals surface area contributed by atoms with Crippen molar-refractivity contribution in [3.63, 3.8) is 0 Å². The molecule has 1 N–H and O–H groups in total. The Balaban J connectivity index is 1.34. The van der Waals surface area contributed by atoms with Crippen LogP contribution in [0.15, 0.2) is 12.1 Å². The lowest BCUT2D eigenvalue weighted by molar-refractivity contribution is 0.465. The summed E-state index contributed by atoms with van der Waals surface area (Å²) in [4.78, 5) is 0. The Morgan fingerprint density at radius 3 is 1.75 bits per heavy atom. The van der Waals surface area contributed by atoms with Crippen molar-refractivity contribution in [1.82, 2.24) is 0 Å². The van der Waals surface area contributed by atoms with Crippen molar-refractivity contribution in [2.75, 3.05) is 0 Å². The van der Waals surface area contributed by atoms with Crippen LogP contribution in [0.2, 0.25) is 0 Å². The van der Waals surface area contributed by atoms with Gasteiger partial charge >= 0.3 is 0 Å². The van der Waals surface area contributed by atoms with Crippen LogP contribution in [0.4, 0.5) is 0 Å². The smallest absolute Gasteiger partial charge is 0.177 e. The summed E-state index contributed by atoms with van der Waals surface area (Å²) >= 11 is 0. The Morgan fingerprint density at radius 2 is 1.21 bits per heavy atom. The van der Waals surface area contributed by atoms with E-state index in [1.54, 1.807) is 6.07 Å². The number of fused-ring (bicyclic) bond motifs is 1. The minimum Gasteiger partial charge on any atom is -0.508 e. The van der Waals surface area contributed by atoms with Crippen LogP contribution >= 0.6 is 0 Å². The number of phenols is 1. The van der Waals surface area contributed by atoms with Gasteiger partial charge in [-0.15, -0.1) is 0 Å². The normalized spacial score (nSPS) is 12.0. The number of unbranched alkanes of at least 4 members (excludes halogenated alkanes) is 13. The van der Waals surface area contributed by atoms with Gasteiger partial charge in [-0.1, -0.05) is 90.4 Å². The second-order valence-electron chi connectivity index (χ2n) is 7.34. The molecule has 0 amide bonds. The van der Waals surface area contributed by atoms with Gasteiger partial charge in [0.05, 0.1) is 0 Å². The third-order valence-electron chi connectivity index (χ3n) is 5.15. The van der Waals surface area contributed by atoms with Crippen LogP contribution in [-0.4, -0.2) is 5.11 Å². The fourth-order valence-corrected chi connectivity index (χ4v) is 3.51. The number of aromatic hydroxyl groups is 1. The molecule has 0 saturated carbocycles. The number of phenolic OH excluding ortho intramolecular Hbond substituents is 1. The molecule has 0 fully saturated rings. The lowest BCUT2D eigenvalue weighted by Crippen LogP contribution is -1.86. The zero-order valence-electron chi connectivity index (χ0n) is 15.6. The van der Waals surface area contributed by atoms with Gasteiger partial charge in [0.15, 0.2) is 11.5 Å². The maximum absolute atomic E-state index is 9.85. The van der Waals surface area contributed by atoms with Crippen molar-refractivity contribution in [3.8, 4) is 17.2 Å². The second kappa shape index (κ2) is 11.4. The van der Waals surface area contributed by atoms with E-state index in [0.29, 0.717) is 5.75 Å². The molecule has 0 atom stereocenters. The van der Waals surface area contributed by atoms with Gasteiger partial charge in [0.25, 0.3) is 0 Å². The summed E-state index contributed by atoms with van der Waals surface area (Å²) in [6, 6.07) is 3.60. The molecule has 0 aromatic heterocycles. The topological polar surface area (TPSA) is 32.8 Å². The fraction of sp³-hybridized carbons (Fsp3) is 0.727. The molecule has 0 bridgehead atoms. The first-order valence-corrected chi connectivity index (χ1v) is 10.4. The molecule has 0 radical (unpaired) electrons. The molecule has 0 spiro atoms. The number of ether oxygens (including phenoxy) is 1. The van der Waals surface area contributed by atoms with E-state index in [1.165, 1.54) is 83.5 Å². The molecule has 2 nitrogen and oxygen atoms in total. The fourth-order valence-electron chi connectivity index (χ4n) is 3.51. The van der Waals surface area contributed by atoms with Gasteiger partial charge < -0.3 is 9.84 Å². The molecule has 0 unspecified atom stereocenters. The van der Waals surface area contributed by atoms with Crippen LogP contribution < -0.4 is 4.74 Å². The van der Waals surface area contributed by atoms with Crippen LogP contribution in [0.5, 0.6) is 17.2 Å². The molecular weight excluding hydrogens is 296 g/mol. The first kappa shape index (κ1) is 19.1. The molecule has 1 heterocycles. The minimum absolute atomic E-state index is 0.404. The summed E-state index contributed by atoms with van der Waals surface area (Å²) < 4.78 is 5.36. The summed E-state index contributed by atoms with van der Waals surface area (Å²) in [5.74, 6) is 2.29. The zero-order valence-corrected chi connectivity index (χ0v) is 15.6. The van der Waals surface area contributed by atoms with E-state index in [2.05, 4.69) is 6.92 Å². The number of hydrogen-bond acceptors (Lipinski definition) is 2. The van der Waals surface area contributed by atoms with Gasteiger partial charge in [-0.3, -0.25) is 0 Å². The van der Waals surface area contributed by atoms with Gasteiger partial charge in [0.2, 0.25) is 0 Å². The van der Waals surface area contributed by atoms with Crippen molar-refractivity contribution >= 4 is 0 Å². The summed E-state index contributed by atoms with van der Waals surface area (Å²) in [7, 11) is 0. The maximum Gasteiger partial charge on any atom is 0.177 e. The molecule has 0 aliphatic carbocycles. The largest absolute Gasteiger partial charge is 0.508 e. The van der Waals surface area contributed by atoms with Crippen molar-refractivity contribution in [1.29, 1.82) is 0 Å². The van der Waals surface area contributed by atoms with E-state index in [1.807, 2.05) is 6.07 Å². The van der Waals surface area contributed by atoms with Crippen molar-refractivity contribution in [2.45, 2.75) is 103 Å². The van der Waals surface area contributed by atoms with Gasteiger partial charge in [0.1, 0.15) is 5.75 Å². The molecule has 1 aromatic carbocycles. The highest BCUT2D eigenvalue weighted by Crippen LogP contribution is 2.51. The summed E-state index contributed by atoms with van der Waals surface area (Å²) in [5.41, 5.74) is 1.02. The minimum atomic E-state index is 0.404. The van der Waals surface area contributed by atoms with Crippen LogP contribution in [-0.2, 0) is 6.42 Å². The highest BCUT2D eigenvalue weighted by molar-refractivity contribution is 5.63. The van der Waals surface area contributed by atoms with Crippen LogP contribution in [0.25, 0.3) is 0 Å². The summed E-state index contributed by atoms with van der Waals surface area (Å²) in [6.07, 6.45) is 20.3. The number of benzene rings is 1. The SMILES string of the molecule is CCCCCCCCCCCCCCCCc1c(O)ccc2c1O2. The Bertz CT molecular complexity index is 464. The average molecular weight is 333 g/mol. The predicted octanol–water partition coefficient (Wildman–Crippen LogP) is 7.52. The quantitative estimate of drug-likeness (QED) is 0.270. The van der Waals surface area contributed by atoms with E-state index < -0.39 is 0 Å². The van der Waals surface area contributed by atoms with Crippen molar-refractivity contribution in [3.05, 3.63) is 17.7 Å². The van der Waals surface area contributed by atoms with E-state index in [0.717, 1.165) is 29.9 Å². The number of rotatable bonds is 15. The standard InChI is InChI=1S/C22H36O2/c1-2-3-4-5-6-7-8-9-10-11-12-13-14-15-16-19-20(23)17-18-21-22(19)24-21/h17-18,23H,2-16H2,1H3. The van der Waals surface area contributed by atoms with Gasteiger partial charge in [-0.25, -0.2) is 0 Å². The maximum atomic E-state index is 9.85.